The number of hydrogen-bond acceptors (Lipinski definition) is 4. The molecule has 5 heteroatoms. The van der Waals surface area contributed by atoms with E-state index in [1.54, 1.807) is 33.2 Å². The van der Waals surface area contributed by atoms with Crippen LogP contribution < -0.4 is 0 Å². The summed E-state index contributed by atoms with van der Waals surface area (Å²) in [7, 11) is 0. The number of carboxylic acids is 1. The van der Waals surface area contributed by atoms with Crippen molar-refractivity contribution in [2.24, 2.45) is 11.8 Å². The Labute approximate surface area is 150 Å². The summed E-state index contributed by atoms with van der Waals surface area (Å²) in [5.74, 6) is -2.84. The number of carbonyl (C=O) groups is 2. The Bertz CT molecular complexity index is 575. The topological polar surface area (TPSA) is 76.5 Å². The molecule has 1 unspecified atom stereocenters. The summed E-state index contributed by atoms with van der Waals surface area (Å²) in [5.41, 5.74) is 0.266. The first-order valence-corrected chi connectivity index (χ1v) is 8.77. The quantitative estimate of drug-likeness (QED) is 0.673. The van der Waals surface area contributed by atoms with Gasteiger partial charge >= 0.3 is 11.9 Å². The molecule has 5 nitrogen and oxygen atoms in total. The summed E-state index contributed by atoms with van der Waals surface area (Å²) >= 11 is 0. The molecule has 0 saturated heterocycles. The number of rotatable bonds is 9. The van der Waals surface area contributed by atoms with Gasteiger partial charge in [0.1, 0.15) is 5.60 Å². The molecule has 0 fully saturated rings. The molecule has 0 saturated carbocycles. The lowest BCUT2D eigenvalue weighted by molar-refractivity contribution is -0.166. The number of esters is 1. The summed E-state index contributed by atoms with van der Waals surface area (Å²) in [6, 6.07) is 3.73. The molecule has 0 aliphatic heterocycles. The van der Waals surface area contributed by atoms with Gasteiger partial charge in [-0.25, -0.2) is 0 Å². The maximum Gasteiger partial charge on any atom is 0.310 e. The molecule has 1 rings (SSSR count). The minimum absolute atomic E-state index is 0.324. The van der Waals surface area contributed by atoms with Crippen LogP contribution in [-0.4, -0.2) is 27.6 Å². The van der Waals surface area contributed by atoms with Crippen LogP contribution in [0.25, 0.3) is 6.08 Å². The Balaban J connectivity index is 2.94. The molecule has 1 aromatic heterocycles. The van der Waals surface area contributed by atoms with Gasteiger partial charge in [-0.05, 0) is 45.2 Å². The molecule has 1 aromatic rings. The Morgan fingerprint density at radius 1 is 1.32 bits per heavy atom. The molecule has 2 atom stereocenters. The zero-order valence-corrected chi connectivity index (χ0v) is 15.6. The molecule has 1 heterocycles. The Morgan fingerprint density at radius 2 is 2.04 bits per heavy atom. The Hall–Kier alpha value is -2.17. The molecule has 1 N–H and O–H groups in total. The van der Waals surface area contributed by atoms with Crippen LogP contribution in [-0.2, 0) is 14.3 Å². The third-order valence-corrected chi connectivity index (χ3v) is 3.77. The van der Waals surface area contributed by atoms with Crippen LogP contribution in [0.2, 0.25) is 0 Å². The van der Waals surface area contributed by atoms with E-state index < -0.39 is 29.4 Å². The number of pyridine rings is 1. The molecular formula is C20H29NO4. The molecule has 25 heavy (non-hydrogen) atoms. The molecule has 0 bridgehead atoms. The van der Waals surface area contributed by atoms with Gasteiger partial charge in [0, 0.05) is 12.4 Å². The molecule has 0 radical (unpaired) electrons. The van der Waals surface area contributed by atoms with E-state index in [1.807, 2.05) is 31.2 Å². The number of unbranched alkanes of at least 4 members (excludes halogenated alkanes) is 1. The number of ether oxygens (including phenoxy) is 1. The first-order valence-electron chi connectivity index (χ1n) is 8.77. The van der Waals surface area contributed by atoms with Crippen molar-refractivity contribution in [2.45, 2.75) is 59.0 Å². The fourth-order valence-corrected chi connectivity index (χ4v) is 2.55. The highest BCUT2D eigenvalue weighted by Crippen LogP contribution is 2.26. The van der Waals surface area contributed by atoms with E-state index in [4.69, 9.17) is 4.74 Å². The van der Waals surface area contributed by atoms with Gasteiger partial charge in [-0.15, -0.1) is 0 Å². The van der Waals surface area contributed by atoms with Gasteiger partial charge in [-0.3, -0.25) is 14.6 Å². The minimum atomic E-state index is -0.945. The van der Waals surface area contributed by atoms with Gasteiger partial charge in [0.2, 0.25) is 0 Å². The van der Waals surface area contributed by atoms with Crippen molar-refractivity contribution < 1.29 is 19.4 Å². The summed E-state index contributed by atoms with van der Waals surface area (Å²) in [6.45, 7) is 7.36. The molecule has 0 amide bonds. The maximum atomic E-state index is 12.6. The molecule has 0 aliphatic rings. The monoisotopic (exact) mass is 347 g/mol. The van der Waals surface area contributed by atoms with Crippen LogP contribution in [0.3, 0.4) is 0 Å². The van der Waals surface area contributed by atoms with E-state index in [9.17, 15) is 14.7 Å². The Morgan fingerprint density at radius 3 is 2.56 bits per heavy atom. The highest BCUT2D eigenvalue weighted by Gasteiger charge is 2.35. The van der Waals surface area contributed by atoms with E-state index >= 15 is 0 Å². The lowest BCUT2D eigenvalue weighted by Crippen LogP contribution is -2.35. The normalized spacial score (nSPS) is 14.2. The van der Waals surface area contributed by atoms with E-state index in [0.29, 0.717) is 12.8 Å². The maximum absolute atomic E-state index is 12.6. The second-order valence-electron chi connectivity index (χ2n) is 7.15. The first-order chi connectivity index (χ1) is 11.7. The number of carboxylic acid groups (broad SMARTS) is 1. The van der Waals surface area contributed by atoms with Gasteiger partial charge < -0.3 is 9.84 Å². The van der Waals surface area contributed by atoms with Crippen LogP contribution in [0.15, 0.2) is 30.6 Å². The Kier molecular flexibility index (Phi) is 8.32. The van der Waals surface area contributed by atoms with Crippen molar-refractivity contribution in [3.8, 4) is 0 Å². The lowest BCUT2D eigenvalue weighted by Gasteiger charge is -2.26. The fraction of sp³-hybridized carbons (Fsp3) is 0.550. The number of nitrogens with zero attached hydrogens (tertiary/aromatic N) is 1. The predicted molar refractivity (Wildman–Crippen MR) is 97.9 cm³/mol. The second-order valence-corrected chi connectivity index (χ2v) is 7.15. The smallest absolute Gasteiger partial charge is 0.310 e. The fourth-order valence-electron chi connectivity index (χ4n) is 2.55. The SMILES string of the molecule is CCCCC(C(=O)O)[C@@H](CC=Cc1cccnc1)C(=O)OC(C)(C)C. The number of hydrogen-bond donors (Lipinski definition) is 1. The first kappa shape index (κ1) is 20.9. The van der Waals surface area contributed by atoms with Gasteiger partial charge in [-0.1, -0.05) is 38.0 Å². The van der Waals surface area contributed by atoms with Gasteiger partial charge in [-0.2, -0.15) is 0 Å². The van der Waals surface area contributed by atoms with Crippen LogP contribution in [0, 0.1) is 11.8 Å². The van der Waals surface area contributed by atoms with Gasteiger partial charge in [0.15, 0.2) is 0 Å². The highest BCUT2D eigenvalue weighted by molar-refractivity contribution is 5.81. The van der Waals surface area contributed by atoms with Gasteiger partial charge in [0.25, 0.3) is 0 Å². The largest absolute Gasteiger partial charge is 0.481 e. The molecule has 0 spiro atoms. The zero-order chi connectivity index (χ0) is 18.9. The highest BCUT2D eigenvalue weighted by atomic mass is 16.6. The standard InChI is InChI=1S/C20H29NO4/c1-5-6-11-16(18(22)23)17(19(24)25-20(2,3)4)12-7-9-15-10-8-13-21-14-15/h7-10,13-14,16-17H,5-6,11-12H2,1-4H3,(H,22,23)/t16?,17-/m1/s1. The number of aliphatic carboxylic acids is 1. The van der Waals surface area contributed by atoms with Crippen LogP contribution >= 0.6 is 0 Å². The van der Waals surface area contributed by atoms with E-state index in [-0.39, 0.29) is 0 Å². The summed E-state index contributed by atoms with van der Waals surface area (Å²) < 4.78 is 5.47. The zero-order valence-electron chi connectivity index (χ0n) is 15.6. The molecule has 0 aliphatic carbocycles. The summed E-state index contributed by atoms with van der Waals surface area (Å²) in [5, 5.41) is 9.59. The van der Waals surface area contributed by atoms with Crippen molar-refractivity contribution in [1.82, 2.24) is 4.98 Å². The molecule has 0 aromatic carbocycles. The van der Waals surface area contributed by atoms with Crippen LogP contribution in [0.1, 0.15) is 58.9 Å². The van der Waals surface area contributed by atoms with Crippen LogP contribution in [0.5, 0.6) is 0 Å². The van der Waals surface area contributed by atoms with Crippen molar-refractivity contribution >= 4 is 18.0 Å². The van der Waals surface area contributed by atoms with Crippen molar-refractivity contribution in [3.63, 3.8) is 0 Å². The minimum Gasteiger partial charge on any atom is -0.481 e. The second kappa shape index (κ2) is 9.97. The van der Waals surface area contributed by atoms with Crippen molar-refractivity contribution in [1.29, 1.82) is 0 Å². The van der Waals surface area contributed by atoms with E-state index in [1.165, 1.54) is 0 Å². The average Bonchev–Trinajstić information content (AvgIpc) is 2.52. The summed E-state index contributed by atoms with van der Waals surface area (Å²) in [6.07, 6.45) is 9.52. The van der Waals surface area contributed by atoms with Crippen molar-refractivity contribution in [3.05, 3.63) is 36.2 Å². The number of carbonyl (C=O) groups excluding carboxylic acids is 1. The predicted octanol–water partition coefficient (Wildman–Crippen LogP) is 4.33. The molecular weight excluding hydrogens is 318 g/mol. The molecule has 138 valence electrons. The average molecular weight is 347 g/mol. The number of allylic oxidation sites excluding steroid dienone is 1. The van der Waals surface area contributed by atoms with Crippen LogP contribution in [0.4, 0.5) is 0 Å². The van der Waals surface area contributed by atoms with E-state index in [2.05, 4.69) is 4.98 Å². The lowest BCUT2D eigenvalue weighted by atomic mass is 9.85. The number of aromatic nitrogens is 1. The summed E-state index contributed by atoms with van der Waals surface area (Å²) in [4.78, 5) is 28.3. The van der Waals surface area contributed by atoms with Gasteiger partial charge in [0.05, 0.1) is 11.8 Å². The third kappa shape index (κ3) is 7.96. The van der Waals surface area contributed by atoms with Crippen molar-refractivity contribution in [2.75, 3.05) is 0 Å². The van der Waals surface area contributed by atoms with E-state index in [0.717, 1.165) is 18.4 Å². The third-order valence-electron chi connectivity index (χ3n) is 3.77.